The Hall–Kier alpha value is -2.71. The lowest BCUT2D eigenvalue weighted by atomic mass is 9.94. The van der Waals surface area contributed by atoms with Crippen LogP contribution < -0.4 is 15.5 Å². The van der Waals surface area contributed by atoms with Crippen molar-refractivity contribution in [3.63, 3.8) is 0 Å². The molecule has 3 aliphatic heterocycles. The average Bonchev–Trinajstić information content (AvgIpc) is 3.39. The second-order valence-electron chi connectivity index (χ2n) is 10.4. The van der Waals surface area contributed by atoms with Crippen molar-refractivity contribution in [2.45, 2.75) is 45.1 Å². The molecule has 5 rings (SSSR count). The van der Waals surface area contributed by atoms with Crippen LogP contribution in [0, 0.1) is 11.8 Å². The van der Waals surface area contributed by atoms with Gasteiger partial charge in [-0.2, -0.15) is 0 Å². The van der Waals surface area contributed by atoms with E-state index in [1.165, 1.54) is 6.33 Å². The van der Waals surface area contributed by atoms with Gasteiger partial charge >= 0.3 is 0 Å². The number of nitrogens with zero attached hydrogens (tertiary/aromatic N) is 4. The second-order valence-corrected chi connectivity index (χ2v) is 10.9. The fourth-order valence-electron chi connectivity index (χ4n) is 5.72. The lowest BCUT2D eigenvalue weighted by molar-refractivity contribution is -0.132. The number of carbonyl (C=O) groups is 2. The first-order chi connectivity index (χ1) is 16.8. The number of amides is 2. The molecule has 35 heavy (non-hydrogen) atoms. The number of anilines is 2. The number of halogens is 1. The second kappa shape index (κ2) is 9.74. The monoisotopic (exact) mass is 496 g/mol. The number of rotatable bonds is 6. The molecule has 0 aliphatic carbocycles. The van der Waals surface area contributed by atoms with E-state index in [9.17, 15) is 9.59 Å². The summed E-state index contributed by atoms with van der Waals surface area (Å²) in [6.45, 7) is 10.1. The molecule has 0 unspecified atom stereocenters. The largest absolute Gasteiger partial charge is 0.355 e. The van der Waals surface area contributed by atoms with Crippen molar-refractivity contribution in [2.75, 3.05) is 42.9 Å². The first-order valence-corrected chi connectivity index (χ1v) is 12.8. The van der Waals surface area contributed by atoms with E-state index in [-0.39, 0.29) is 23.7 Å². The van der Waals surface area contributed by atoms with E-state index in [4.69, 9.17) is 11.6 Å². The first-order valence-electron chi connectivity index (χ1n) is 12.5. The Balaban J connectivity index is 1.29. The van der Waals surface area contributed by atoms with Crippen molar-refractivity contribution >= 4 is 35.1 Å². The fraction of sp³-hybridized carbons (Fsp3) is 0.538. The molecule has 2 aromatic rings. The minimum absolute atomic E-state index is 0.00398. The highest BCUT2D eigenvalue weighted by molar-refractivity contribution is 6.30. The number of nitrogens with one attached hydrogen (secondary N) is 2. The van der Waals surface area contributed by atoms with Crippen molar-refractivity contribution in [1.82, 2.24) is 20.2 Å². The zero-order valence-electron chi connectivity index (χ0n) is 20.5. The molecule has 8 nitrogen and oxygen atoms in total. The van der Waals surface area contributed by atoms with Crippen molar-refractivity contribution in [1.29, 1.82) is 0 Å². The highest BCUT2D eigenvalue weighted by atomic mass is 35.5. The van der Waals surface area contributed by atoms with Crippen LogP contribution in [0.2, 0.25) is 5.02 Å². The van der Waals surface area contributed by atoms with E-state index in [2.05, 4.69) is 46.3 Å². The summed E-state index contributed by atoms with van der Waals surface area (Å²) >= 11 is 6.09. The van der Waals surface area contributed by atoms with Crippen LogP contribution >= 0.6 is 11.6 Å². The number of fused-ring (bicyclic) bond motifs is 2. The number of hydrogen-bond acceptors (Lipinski definition) is 6. The molecule has 0 bridgehead atoms. The molecule has 3 aliphatic rings. The quantitative estimate of drug-likeness (QED) is 0.638. The number of carbonyl (C=O) groups excluding carboxylic acids is 2. The lowest BCUT2D eigenvalue weighted by Gasteiger charge is -2.30. The molecule has 186 valence electrons. The van der Waals surface area contributed by atoms with Gasteiger partial charge in [-0.15, -0.1) is 0 Å². The molecule has 4 atom stereocenters. The minimum Gasteiger partial charge on any atom is -0.355 e. The predicted octanol–water partition coefficient (Wildman–Crippen LogP) is 3.25. The Bertz CT molecular complexity index is 1090. The maximum Gasteiger partial charge on any atom is 0.231 e. The van der Waals surface area contributed by atoms with Gasteiger partial charge in [0.1, 0.15) is 18.0 Å². The summed E-state index contributed by atoms with van der Waals surface area (Å²) in [5.41, 5.74) is 2.03. The summed E-state index contributed by atoms with van der Waals surface area (Å²) in [5.74, 6) is 2.40. The molecule has 1 aromatic carbocycles. The smallest absolute Gasteiger partial charge is 0.231 e. The van der Waals surface area contributed by atoms with E-state index in [1.807, 2.05) is 29.2 Å². The standard InChI is InChI=1S/C26H33ClN6O2/c1-15(2)28-9-21(17-4-6-20(27)7-5-17)26(35)33-12-18-10-32(11-19(18)13-33)25-23-16(3)8-22(34)31-24(23)29-14-30-25/h4-7,14-16,18-19,21,28H,8-13H2,1-3H3,(H,29,30,31,34)/t16-,18+,19+,21-/m1/s1. The van der Waals surface area contributed by atoms with E-state index >= 15 is 0 Å². The van der Waals surface area contributed by atoms with Gasteiger partial charge in [0.25, 0.3) is 0 Å². The normalized spacial score (nSPS) is 24.4. The van der Waals surface area contributed by atoms with Gasteiger partial charge in [-0.25, -0.2) is 9.97 Å². The van der Waals surface area contributed by atoms with E-state index < -0.39 is 0 Å². The summed E-state index contributed by atoms with van der Waals surface area (Å²) < 4.78 is 0. The Kier molecular flexibility index (Phi) is 6.68. The molecule has 2 fully saturated rings. The molecule has 2 N–H and O–H groups in total. The minimum atomic E-state index is -0.233. The average molecular weight is 497 g/mol. The van der Waals surface area contributed by atoms with Gasteiger partial charge < -0.3 is 20.4 Å². The van der Waals surface area contributed by atoms with Crippen molar-refractivity contribution in [2.24, 2.45) is 11.8 Å². The number of likely N-dealkylation sites (tertiary alicyclic amines) is 1. The Morgan fingerprint density at radius 2 is 1.83 bits per heavy atom. The van der Waals surface area contributed by atoms with Crippen LogP contribution in [0.4, 0.5) is 11.6 Å². The van der Waals surface area contributed by atoms with Gasteiger partial charge in [-0.1, -0.05) is 44.5 Å². The summed E-state index contributed by atoms with van der Waals surface area (Å²) in [6.07, 6.45) is 1.99. The third-order valence-electron chi connectivity index (χ3n) is 7.50. The van der Waals surface area contributed by atoms with Crippen LogP contribution in [-0.4, -0.2) is 65.4 Å². The van der Waals surface area contributed by atoms with Crippen LogP contribution in [0.25, 0.3) is 0 Å². The molecule has 4 heterocycles. The molecular weight excluding hydrogens is 464 g/mol. The summed E-state index contributed by atoms with van der Waals surface area (Å²) in [6, 6.07) is 7.94. The highest BCUT2D eigenvalue weighted by Gasteiger charge is 2.44. The summed E-state index contributed by atoms with van der Waals surface area (Å²) in [4.78, 5) is 38.9. The molecule has 0 spiro atoms. The van der Waals surface area contributed by atoms with Crippen molar-refractivity contribution in [3.05, 3.63) is 46.7 Å². The number of aromatic nitrogens is 2. The van der Waals surface area contributed by atoms with Crippen LogP contribution in [0.1, 0.15) is 50.2 Å². The van der Waals surface area contributed by atoms with E-state index in [1.54, 1.807) is 0 Å². The molecule has 2 saturated heterocycles. The van der Waals surface area contributed by atoms with Gasteiger partial charge in [-0.05, 0) is 23.6 Å². The fourth-order valence-corrected chi connectivity index (χ4v) is 5.84. The third-order valence-corrected chi connectivity index (χ3v) is 7.76. The maximum absolute atomic E-state index is 13.7. The topological polar surface area (TPSA) is 90.5 Å². The van der Waals surface area contributed by atoms with Gasteiger partial charge in [0.15, 0.2) is 0 Å². The molecule has 0 radical (unpaired) electrons. The Labute approximate surface area is 211 Å². The van der Waals surface area contributed by atoms with E-state index in [0.717, 1.165) is 43.1 Å². The predicted molar refractivity (Wildman–Crippen MR) is 137 cm³/mol. The van der Waals surface area contributed by atoms with Crippen LogP contribution in [-0.2, 0) is 9.59 Å². The van der Waals surface area contributed by atoms with Gasteiger partial charge in [0.2, 0.25) is 11.8 Å². The Morgan fingerprint density at radius 1 is 1.14 bits per heavy atom. The first kappa shape index (κ1) is 24.0. The van der Waals surface area contributed by atoms with Crippen molar-refractivity contribution in [3.8, 4) is 0 Å². The SMILES string of the molecule is CC(C)NC[C@@H](C(=O)N1C[C@@H]2CN(c3ncnc4c3[C@H](C)CC(=O)N4)C[C@H]2C1)c1ccc(Cl)cc1. The van der Waals surface area contributed by atoms with Crippen LogP contribution in [0.5, 0.6) is 0 Å². The molecule has 0 saturated carbocycles. The van der Waals surface area contributed by atoms with Gasteiger partial charge in [-0.3, -0.25) is 9.59 Å². The third kappa shape index (κ3) is 4.86. The van der Waals surface area contributed by atoms with Crippen LogP contribution in [0.15, 0.2) is 30.6 Å². The van der Waals surface area contributed by atoms with E-state index in [0.29, 0.717) is 41.7 Å². The lowest BCUT2D eigenvalue weighted by Crippen LogP contribution is -2.41. The van der Waals surface area contributed by atoms with Crippen molar-refractivity contribution < 1.29 is 9.59 Å². The molecule has 2 amide bonds. The molecule has 1 aromatic heterocycles. The van der Waals surface area contributed by atoms with Gasteiger partial charge in [0.05, 0.1) is 5.92 Å². The number of benzene rings is 1. The zero-order valence-corrected chi connectivity index (χ0v) is 21.3. The van der Waals surface area contributed by atoms with Gasteiger partial charge in [0, 0.05) is 67.6 Å². The zero-order chi connectivity index (χ0) is 24.7. The maximum atomic E-state index is 13.7. The molecule has 9 heteroatoms. The number of hydrogen-bond donors (Lipinski definition) is 2. The summed E-state index contributed by atoms with van der Waals surface area (Å²) in [5, 5.41) is 7.01. The summed E-state index contributed by atoms with van der Waals surface area (Å²) in [7, 11) is 0. The van der Waals surface area contributed by atoms with Crippen LogP contribution in [0.3, 0.4) is 0 Å². The highest BCUT2D eigenvalue weighted by Crippen LogP contribution is 2.41. The Morgan fingerprint density at radius 3 is 2.49 bits per heavy atom. The molecular formula is C26H33ClN6O2.